The molecular weight excluding hydrogens is 961 g/mol. The number of nitrogens with zero attached hydrogens (tertiary/aromatic N) is 10. The van der Waals surface area contributed by atoms with Crippen LogP contribution >= 0.6 is 0 Å². The molecule has 75 heavy (non-hydrogen) atoms. The van der Waals surface area contributed by atoms with E-state index in [2.05, 4.69) is 33.1 Å². The van der Waals surface area contributed by atoms with Crippen LogP contribution in [0.25, 0.3) is 0 Å². The highest BCUT2D eigenvalue weighted by Crippen LogP contribution is 2.32. The summed E-state index contributed by atoms with van der Waals surface area (Å²) in [5.41, 5.74) is -8.76. The van der Waals surface area contributed by atoms with Crippen LogP contribution in [0.2, 0.25) is 0 Å². The number of piperazine rings is 4. The van der Waals surface area contributed by atoms with E-state index in [0.717, 1.165) is 44.9 Å². The Kier molecular flexibility index (Phi) is 16.5. The Bertz CT molecular complexity index is 2050. The molecule has 5 aliphatic rings. The summed E-state index contributed by atoms with van der Waals surface area (Å²) >= 11 is 0. The smallest absolute Gasteiger partial charge is 0.249 e. The number of nitrogens with one attached hydrogen (secondary N) is 4. The van der Waals surface area contributed by atoms with Gasteiger partial charge in [-0.25, -0.2) is 0 Å². The van der Waals surface area contributed by atoms with E-state index in [-0.39, 0.29) is 70.3 Å². The number of rotatable bonds is 19. The van der Waals surface area contributed by atoms with Gasteiger partial charge in [0.05, 0.1) is 44.3 Å². The number of anilines is 3. The van der Waals surface area contributed by atoms with Crippen molar-refractivity contribution in [2.75, 3.05) is 73.6 Å². The van der Waals surface area contributed by atoms with Crippen molar-refractivity contribution in [1.82, 2.24) is 55.8 Å². The summed E-state index contributed by atoms with van der Waals surface area (Å²) in [5.74, 6) is -2.86. The predicted molar refractivity (Wildman–Crippen MR) is 285 cm³/mol. The normalized spacial score (nSPS) is 24.0. The minimum Gasteiger partial charge on any atom is -0.338 e. The zero-order chi connectivity index (χ0) is 56.2. The number of imide groups is 4. The topological polar surface area (TPSA) is 246 Å². The molecule has 4 N–H and O–H groups in total. The second-order valence-corrected chi connectivity index (χ2v) is 25.6. The van der Waals surface area contributed by atoms with Gasteiger partial charge in [0.25, 0.3) is 0 Å². The first-order valence-corrected chi connectivity index (χ1v) is 27.1. The Labute approximate surface area is 444 Å². The van der Waals surface area contributed by atoms with Gasteiger partial charge in [0, 0.05) is 64.9 Å². The molecule has 6 rings (SSSR count). The largest absolute Gasteiger partial charge is 0.338 e. The first kappa shape index (κ1) is 59.1. The minimum absolute atomic E-state index is 0.0198. The Morgan fingerprint density at radius 3 is 0.867 bits per heavy atom. The van der Waals surface area contributed by atoms with E-state index in [1.165, 1.54) is 19.6 Å². The molecule has 0 aromatic carbocycles. The van der Waals surface area contributed by atoms with Crippen LogP contribution in [0.5, 0.6) is 0 Å². The second-order valence-electron chi connectivity index (χ2n) is 25.6. The SMILES string of the molecule is CCCCN(c1nc(N(CCN2C(=O)C(C)(C)NC(C)(C)C2=O)CCN2C(=O)C(C)(C)NC(C)(C)C2=O)nc(N(CCN2C(=O)C(C)(C)NC(C)(C)C2=O)CCN2C(=O)C(C)(C)NC(C)(C)C2=O)n1)C1CCCCC1. The predicted octanol–water partition coefficient (Wildman–Crippen LogP) is 2.49. The second kappa shape index (κ2) is 21.0. The number of amides is 8. The maximum Gasteiger partial charge on any atom is 0.249 e. The molecule has 0 spiro atoms. The molecule has 1 aliphatic carbocycles. The molecule has 22 heteroatoms. The number of unbranched alkanes of at least 4 members (excludes halogenated alkanes) is 1. The van der Waals surface area contributed by atoms with Gasteiger partial charge in [-0.3, -0.25) is 79.2 Å². The first-order valence-electron chi connectivity index (χ1n) is 27.1. The summed E-state index contributed by atoms with van der Waals surface area (Å²) in [6, 6.07) is 0.0672. The maximum absolute atomic E-state index is 14.1. The molecule has 0 unspecified atom stereocenters. The minimum atomic E-state index is -1.10. The van der Waals surface area contributed by atoms with Crippen LogP contribution in [0.1, 0.15) is 163 Å². The van der Waals surface area contributed by atoms with Gasteiger partial charge in [-0.05, 0) is 130 Å². The van der Waals surface area contributed by atoms with E-state index in [1.807, 2.05) is 0 Å². The summed E-state index contributed by atoms with van der Waals surface area (Å²) in [5, 5.41) is 12.7. The Morgan fingerprint density at radius 1 is 0.387 bits per heavy atom. The van der Waals surface area contributed by atoms with Crippen LogP contribution in [-0.2, 0) is 38.4 Å². The fourth-order valence-electron chi connectivity index (χ4n) is 11.9. The number of carbonyl (C=O) groups is 8. The lowest BCUT2D eigenvalue weighted by molar-refractivity contribution is -0.160. The molecule has 1 aromatic rings. The molecule has 8 amide bonds. The summed E-state index contributed by atoms with van der Waals surface area (Å²) < 4.78 is 0. The number of carbonyl (C=O) groups excluding carboxylic acids is 8. The van der Waals surface area contributed by atoms with Gasteiger partial charge in [0.1, 0.15) is 0 Å². The summed E-state index contributed by atoms with van der Waals surface area (Å²) in [6.45, 7) is 29.8. The maximum atomic E-state index is 14.1. The van der Waals surface area contributed by atoms with Crippen LogP contribution in [-0.4, -0.2) is 191 Å². The Balaban J connectivity index is 1.54. The molecule has 1 saturated carbocycles. The van der Waals surface area contributed by atoms with Crippen molar-refractivity contribution >= 4 is 65.1 Å². The lowest BCUT2D eigenvalue weighted by Gasteiger charge is -2.46. The van der Waals surface area contributed by atoms with Crippen LogP contribution in [0.15, 0.2) is 0 Å². The highest BCUT2D eigenvalue weighted by molar-refractivity contribution is 6.08. The van der Waals surface area contributed by atoms with Gasteiger partial charge in [-0.15, -0.1) is 0 Å². The molecule has 0 atom stereocenters. The zero-order valence-electron chi connectivity index (χ0n) is 48.1. The lowest BCUT2D eigenvalue weighted by atomic mass is 9.89. The van der Waals surface area contributed by atoms with Crippen molar-refractivity contribution < 1.29 is 38.4 Å². The van der Waals surface area contributed by atoms with Gasteiger partial charge in [0.2, 0.25) is 65.1 Å². The van der Waals surface area contributed by atoms with E-state index in [1.54, 1.807) is 121 Å². The molecule has 22 nitrogen and oxygen atoms in total. The van der Waals surface area contributed by atoms with Gasteiger partial charge in [-0.1, -0.05) is 32.6 Å². The van der Waals surface area contributed by atoms with Crippen LogP contribution in [0.4, 0.5) is 17.8 Å². The van der Waals surface area contributed by atoms with Crippen LogP contribution < -0.4 is 36.0 Å². The molecule has 4 saturated heterocycles. The lowest BCUT2D eigenvalue weighted by Crippen LogP contribution is -2.73. The van der Waals surface area contributed by atoms with Crippen LogP contribution in [0, 0.1) is 0 Å². The highest BCUT2D eigenvalue weighted by Gasteiger charge is 2.53. The van der Waals surface area contributed by atoms with Crippen LogP contribution in [0.3, 0.4) is 0 Å². The molecule has 1 aromatic heterocycles. The van der Waals surface area contributed by atoms with Gasteiger partial charge < -0.3 is 14.7 Å². The number of hydrogen-bond donors (Lipinski definition) is 4. The van der Waals surface area contributed by atoms with Crippen molar-refractivity contribution in [3.63, 3.8) is 0 Å². The third-order valence-electron chi connectivity index (χ3n) is 15.3. The van der Waals surface area contributed by atoms with Crippen molar-refractivity contribution in [1.29, 1.82) is 0 Å². The fourth-order valence-corrected chi connectivity index (χ4v) is 11.9. The highest BCUT2D eigenvalue weighted by atomic mass is 16.2. The average Bonchev–Trinajstić information content (AvgIpc) is 3.29. The Morgan fingerprint density at radius 2 is 0.627 bits per heavy atom. The van der Waals surface area contributed by atoms with E-state index in [9.17, 15) is 38.4 Å². The molecule has 4 aliphatic heterocycles. The van der Waals surface area contributed by atoms with Gasteiger partial charge >= 0.3 is 0 Å². The first-order chi connectivity index (χ1) is 34.4. The third-order valence-corrected chi connectivity index (χ3v) is 15.3. The van der Waals surface area contributed by atoms with Crippen molar-refractivity contribution in [2.45, 2.75) is 213 Å². The van der Waals surface area contributed by atoms with Crippen molar-refractivity contribution in [2.24, 2.45) is 0 Å². The van der Waals surface area contributed by atoms with Crippen molar-refractivity contribution in [3.8, 4) is 0 Å². The third kappa shape index (κ3) is 12.2. The standard InChI is InChI=1S/C53H88N14O8/c1-18-19-25-63(34-23-21-20-22-24-34)45-55-43(61(26-30-64-35(68)46(2,3)57-47(4,5)36(64)69)27-31-65-37(70)48(6,7)58-49(8,9)38(65)71)54-44(56-45)62(28-32-66-39(72)50(10,11)59-51(12,13)40(66)73)29-33-67-41(74)52(14,15)60-53(16,17)42(67)75/h34,57-60H,18-33H2,1-17H3. The monoisotopic (exact) mass is 1050 g/mol. The molecule has 418 valence electrons. The number of hydrogen-bond acceptors (Lipinski definition) is 18. The van der Waals surface area contributed by atoms with E-state index < -0.39 is 91.6 Å². The average molecular weight is 1050 g/mol. The molecular formula is C53H88N14O8. The summed E-state index contributed by atoms with van der Waals surface area (Å²) in [4.78, 5) is 139. The molecule has 0 radical (unpaired) electrons. The molecule has 5 heterocycles. The Hall–Kier alpha value is -5.19. The summed E-state index contributed by atoms with van der Waals surface area (Å²) in [7, 11) is 0. The van der Waals surface area contributed by atoms with Crippen molar-refractivity contribution in [3.05, 3.63) is 0 Å². The van der Waals surface area contributed by atoms with Gasteiger partial charge in [-0.2, -0.15) is 15.0 Å². The zero-order valence-corrected chi connectivity index (χ0v) is 48.1. The van der Waals surface area contributed by atoms with E-state index in [4.69, 9.17) is 15.0 Å². The number of aromatic nitrogens is 3. The molecule has 5 fully saturated rings. The van der Waals surface area contributed by atoms with E-state index >= 15 is 0 Å². The van der Waals surface area contributed by atoms with E-state index in [0.29, 0.717) is 12.5 Å². The fraction of sp³-hybridized carbons (Fsp3) is 0.792. The van der Waals surface area contributed by atoms with Gasteiger partial charge in [0.15, 0.2) is 0 Å². The molecule has 0 bridgehead atoms. The quantitative estimate of drug-likeness (QED) is 0.145. The summed E-state index contributed by atoms with van der Waals surface area (Å²) in [6.07, 6.45) is 6.59.